The summed E-state index contributed by atoms with van der Waals surface area (Å²) in [6.45, 7) is 3.42. The van der Waals surface area contributed by atoms with Gasteiger partial charge in [0, 0.05) is 17.4 Å². The molecule has 26 heavy (non-hydrogen) atoms. The van der Waals surface area contributed by atoms with Crippen LogP contribution in [-0.2, 0) is 0 Å². The van der Waals surface area contributed by atoms with Gasteiger partial charge in [0.15, 0.2) is 11.6 Å². The number of benzene rings is 1. The fourth-order valence-electron chi connectivity index (χ4n) is 2.62. The van der Waals surface area contributed by atoms with E-state index in [1.807, 2.05) is 47.9 Å². The third-order valence-electron chi connectivity index (χ3n) is 4.02. The molecule has 1 aromatic carbocycles. The van der Waals surface area contributed by atoms with Gasteiger partial charge in [0.2, 0.25) is 0 Å². The van der Waals surface area contributed by atoms with Gasteiger partial charge in [0.25, 0.3) is 0 Å². The molecule has 0 aliphatic carbocycles. The van der Waals surface area contributed by atoms with Crippen LogP contribution in [0.5, 0.6) is 0 Å². The zero-order valence-electron chi connectivity index (χ0n) is 14.3. The summed E-state index contributed by atoms with van der Waals surface area (Å²) in [5.74, 6) is 1.38. The molecule has 0 aliphatic heterocycles. The van der Waals surface area contributed by atoms with Gasteiger partial charge < -0.3 is 5.32 Å². The largest absolute Gasteiger partial charge is 0.339 e. The Balaban J connectivity index is 1.64. The second-order valence-corrected chi connectivity index (χ2v) is 5.96. The number of ketones is 1. The molecule has 1 N–H and O–H groups in total. The number of rotatable bonds is 4. The lowest BCUT2D eigenvalue weighted by Gasteiger charge is -2.06. The van der Waals surface area contributed by atoms with Gasteiger partial charge in [-0.1, -0.05) is 0 Å². The molecule has 7 nitrogen and oxygen atoms in total. The van der Waals surface area contributed by atoms with Gasteiger partial charge in [-0.05, 0) is 56.3 Å². The Hall–Kier alpha value is -3.61. The number of fused-ring (bicyclic) bond motifs is 1. The monoisotopic (exact) mass is 344 g/mol. The summed E-state index contributed by atoms with van der Waals surface area (Å²) in [5, 5.41) is 11.4. The highest BCUT2D eigenvalue weighted by Gasteiger charge is 2.08. The molecule has 0 unspecified atom stereocenters. The summed E-state index contributed by atoms with van der Waals surface area (Å²) in [6, 6.07) is 13.2. The predicted octanol–water partition coefficient (Wildman–Crippen LogP) is 3.47. The molecule has 0 amide bonds. The lowest BCUT2D eigenvalue weighted by molar-refractivity contribution is 0.101. The van der Waals surface area contributed by atoms with E-state index >= 15 is 0 Å². The maximum atomic E-state index is 11.4. The first-order valence-electron chi connectivity index (χ1n) is 8.12. The van der Waals surface area contributed by atoms with Crippen molar-refractivity contribution in [1.29, 1.82) is 0 Å². The van der Waals surface area contributed by atoms with Crippen LogP contribution in [0.15, 0.2) is 55.0 Å². The Morgan fingerprint density at radius 1 is 1.04 bits per heavy atom. The molecule has 0 atom stereocenters. The summed E-state index contributed by atoms with van der Waals surface area (Å²) in [4.78, 5) is 20.2. The van der Waals surface area contributed by atoms with Crippen molar-refractivity contribution < 1.29 is 4.79 Å². The first kappa shape index (κ1) is 15.9. The lowest BCUT2D eigenvalue weighted by Crippen LogP contribution is -1.99. The Labute approximate surface area is 149 Å². The summed E-state index contributed by atoms with van der Waals surface area (Å²) >= 11 is 0. The Kier molecular flexibility index (Phi) is 3.89. The molecule has 0 saturated heterocycles. The second kappa shape index (κ2) is 6.36. The zero-order chi connectivity index (χ0) is 18.1. The van der Waals surface area contributed by atoms with Gasteiger partial charge in [-0.3, -0.25) is 9.36 Å². The molecule has 4 aromatic rings. The van der Waals surface area contributed by atoms with E-state index in [2.05, 4.69) is 25.5 Å². The number of hydrogen-bond donors (Lipinski definition) is 1. The molecular formula is C19H16N6O. The maximum Gasteiger partial charge on any atom is 0.161 e. The van der Waals surface area contributed by atoms with Crippen molar-refractivity contribution in [3.8, 4) is 5.82 Å². The minimum absolute atomic E-state index is 0.00513. The SMILES string of the molecule is CC(=O)c1ccc(-n2cnc3cc(Nc4ccc(C)nn4)ccc32)nc1. The van der Waals surface area contributed by atoms with Crippen LogP contribution in [0.25, 0.3) is 16.9 Å². The molecule has 3 aromatic heterocycles. The third-order valence-corrected chi connectivity index (χ3v) is 4.02. The van der Waals surface area contributed by atoms with Gasteiger partial charge in [-0.15, -0.1) is 5.10 Å². The van der Waals surface area contributed by atoms with E-state index < -0.39 is 0 Å². The molecule has 4 rings (SSSR count). The lowest BCUT2D eigenvalue weighted by atomic mass is 10.2. The average Bonchev–Trinajstić information content (AvgIpc) is 3.07. The summed E-state index contributed by atoms with van der Waals surface area (Å²) < 4.78 is 1.88. The van der Waals surface area contributed by atoms with Crippen molar-refractivity contribution in [2.75, 3.05) is 5.32 Å². The molecule has 7 heteroatoms. The molecule has 0 aliphatic rings. The van der Waals surface area contributed by atoms with Crippen LogP contribution in [0.3, 0.4) is 0 Å². The molecule has 0 saturated carbocycles. The Morgan fingerprint density at radius 3 is 2.62 bits per heavy atom. The van der Waals surface area contributed by atoms with E-state index in [-0.39, 0.29) is 5.78 Å². The number of pyridine rings is 1. The van der Waals surface area contributed by atoms with Gasteiger partial charge in [-0.25, -0.2) is 9.97 Å². The number of imidazole rings is 1. The number of hydrogen-bond acceptors (Lipinski definition) is 6. The van der Waals surface area contributed by atoms with Crippen molar-refractivity contribution in [3.05, 3.63) is 66.2 Å². The van der Waals surface area contributed by atoms with E-state index in [0.717, 1.165) is 22.4 Å². The van der Waals surface area contributed by atoms with Crippen LogP contribution < -0.4 is 5.32 Å². The smallest absolute Gasteiger partial charge is 0.161 e. The van der Waals surface area contributed by atoms with Crippen molar-refractivity contribution in [2.45, 2.75) is 13.8 Å². The average molecular weight is 344 g/mol. The number of aromatic nitrogens is 5. The highest BCUT2D eigenvalue weighted by atomic mass is 16.1. The normalized spacial score (nSPS) is 10.8. The van der Waals surface area contributed by atoms with Crippen LogP contribution in [0.2, 0.25) is 0 Å². The minimum Gasteiger partial charge on any atom is -0.339 e. The van der Waals surface area contributed by atoms with Crippen LogP contribution in [0.4, 0.5) is 11.5 Å². The predicted molar refractivity (Wildman–Crippen MR) is 98.9 cm³/mol. The summed E-state index contributed by atoms with van der Waals surface area (Å²) in [5.41, 5.74) is 4.08. The van der Waals surface area contributed by atoms with E-state index in [4.69, 9.17) is 0 Å². The zero-order valence-corrected chi connectivity index (χ0v) is 14.3. The summed E-state index contributed by atoms with van der Waals surface area (Å²) in [6.07, 6.45) is 3.30. The third kappa shape index (κ3) is 3.02. The number of nitrogens with zero attached hydrogens (tertiary/aromatic N) is 5. The van der Waals surface area contributed by atoms with E-state index in [9.17, 15) is 4.79 Å². The fraction of sp³-hybridized carbons (Fsp3) is 0.105. The second-order valence-electron chi connectivity index (χ2n) is 5.96. The van der Waals surface area contributed by atoms with Crippen LogP contribution >= 0.6 is 0 Å². The minimum atomic E-state index is -0.00513. The first-order valence-corrected chi connectivity index (χ1v) is 8.12. The van der Waals surface area contributed by atoms with Gasteiger partial charge in [0.05, 0.1) is 16.7 Å². The Morgan fingerprint density at radius 2 is 1.92 bits per heavy atom. The highest BCUT2D eigenvalue weighted by Crippen LogP contribution is 2.22. The molecule has 3 heterocycles. The van der Waals surface area contributed by atoms with Crippen LogP contribution in [0, 0.1) is 6.92 Å². The molecule has 0 radical (unpaired) electrons. The summed E-state index contributed by atoms with van der Waals surface area (Å²) in [7, 11) is 0. The fourth-order valence-corrected chi connectivity index (χ4v) is 2.62. The first-order chi connectivity index (χ1) is 12.6. The van der Waals surface area contributed by atoms with Crippen molar-refractivity contribution >= 4 is 28.3 Å². The number of Topliss-reactive ketones (excluding diaryl/α,β-unsaturated/α-hetero) is 1. The number of carbonyl (C=O) groups is 1. The van der Waals surface area contributed by atoms with Gasteiger partial charge >= 0.3 is 0 Å². The number of aryl methyl sites for hydroxylation is 1. The van der Waals surface area contributed by atoms with Crippen molar-refractivity contribution in [3.63, 3.8) is 0 Å². The molecule has 128 valence electrons. The van der Waals surface area contributed by atoms with E-state index in [0.29, 0.717) is 17.2 Å². The number of anilines is 2. The quantitative estimate of drug-likeness (QED) is 0.571. The van der Waals surface area contributed by atoms with Crippen molar-refractivity contribution in [2.24, 2.45) is 0 Å². The molecular weight excluding hydrogens is 328 g/mol. The van der Waals surface area contributed by atoms with Crippen molar-refractivity contribution in [1.82, 2.24) is 24.7 Å². The van der Waals surface area contributed by atoms with Gasteiger partial charge in [-0.2, -0.15) is 5.10 Å². The maximum absolute atomic E-state index is 11.4. The standard InChI is InChI=1S/C19H16N6O/c1-12-3-7-18(24-23-12)22-15-5-6-17-16(9-15)21-11-25(17)19-8-4-14(10-20-19)13(2)26/h3-11H,1-2H3,(H,22,24). The highest BCUT2D eigenvalue weighted by molar-refractivity contribution is 5.93. The Bertz CT molecular complexity index is 1080. The van der Waals surface area contributed by atoms with Crippen LogP contribution in [0.1, 0.15) is 23.0 Å². The van der Waals surface area contributed by atoms with Gasteiger partial charge in [0.1, 0.15) is 12.1 Å². The number of carbonyl (C=O) groups excluding carboxylic acids is 1. The number of nitrogens with one attached hydrogen (secondary N) is 1. The molecule has 0 bridgehead atoms. The molecule has 0 spiro atoms. The van der Waals surface area contributed by atoms with Crippen LogP contribution in [-0.4, -0.2) is 30.5 Å². The topological polar surface area (TPSA) is 85.6 Å². The van der Waals surface area contributed by atoms with E-state index in [1.54, 1.807) is 18.6 Å². The molecule has 0 fully saturated rings. The van der Waals surface area contributed by atoms with E-state index in [1.165, 1.54) is 6.92 Å².